The zero-order valence-corrected chi connectivity index (χ0v) is 12.7. The van der Waals surface area contributed by atoms with E-state index in [0.29, 0.717) is 6.61 Å². The lowest BCUT2D eigenvalue weighted by Gasteiger charge is -2.05. The molecule has 0 spiro atoms. The van der Waals surface area contributed by atoms with Gasteiger partial charge in [0.15, 0.2) is 0 Å². The smallest absolute Gasteiger partial charge is 0.119 e. The maximum atomic E-state index is 5.57. The zero-order chi connectivity index (χ0) is 12.3. The van der Waals surface area contributed by atoms with E-state index in [4.69, 9.17) is 9.47 Å². The number of rotatable bonds is 8. The molecule has 0 aliphatic rings. The van der Waals surface area contributed by atoms with E-state index >= 15 is 0 Å². The van der Waals surface area contributed by atoms with Gasteiger partial charge in [-0.25, -0.2) is 0 Å². The van der Waals surface area contributed by atoms with Crippen LogP contribution in [0.2, 0.25) is 0 Å². The Bertz CT molecular complexity index is 321. The number of para-hydroxylation sites is 1. The topological polar surface area (TPSA) is 18.5 Å². The average Bonchev–Trinajstić information content (AvgIpc) is 2.33. The standard InChI is InChI=1S/C13H16Br2O2/c14-13(15)8-11-16-9-4-5-10-17-12-6-2-1-3-7-12/h1-3,6-8H,4-5,9-11H2. The van der Waals surface area contributed by atoms with Crippen molar-refractivity contribution in [2.75, 3.05) is 19.8 Å². The Morgan fingerprint density at radius 3 is 2.47 bits per heavy atom. The highest BCUT2D eigenvalue weighted by atomic mass is 79.9. The first-order chi connectivity index (χ1) is 8.29. The highest BCUT2D eigenvalue weighted by Crippen LogP contribution is 2.12. The summed E-state index contributed by atoms with van der Waals surface area (Å²) in [7, 11) is 0. The van der Waals surface area contributed by atoms with Crippen LogP contribution in [-0.2, 0) is 4.74 Å². The SMILES string of the molecule is BrC(Br)=CCOCCCCOc1ccccc1. The third-order valence-corrected chi connectivity index (χ3v) is 2.70. The lowest BCUT2D eigenvalue weighted by Crippen LogP contribution is -2.00. The molecule has 0 saturated carbocycles. The molecule has 94 valence electrons. The number of hydrogen-bond donors (Lipinski definition) is 0. The predicted molar refractivity (Wildman–Crippen MR) is 77.9 cm³/mol. The molecule has 0 heterocycles. The summed E-state index contributed by atoms with van der Waals surface area (Å²) in [4.78, 5) is 0. The minimum Gasteiger partial charge on any atom is -0.494 e. The van der Waals surface area contributed by atoms with E-state index in [-0.39, 0.29) is 0 Å². The molecular weight excluding hydrogens is 348 g/mol. The molecule has 0 atom stereocenters. The monoisotopic (exact) mass is 362 g/mol. The molecular formula is C13H16Br2O2. The van der Waals surface area contributed by atoms with E-state index in [1.165, 1.54) is 0 Å². The van der Waals surface area contributed by atoms with Crippen molar-refractivity contribution in [3.8, 4) is 5.75 Å². The van der Waals surface area contributed by atoms with Gasteiger partial charge in [0.1, 0.15) is 5.75 Å². The molecule has 0 N–H and O–H groups in total. The van der Waals surface area contributed by atoms with Crippen molar-refractivity contribution < 1.29 is 9.47 Å². The maximum Gasteiger partial charge on any atom is 0.119 e. The number of hydrogen-bond acceptors (Lipinski definition) is 2. The fraction of sp³-hybridized carbons (Fsp3) is 0.385. The Morgan fingerprint density at radius 1 is 1.06 bits per heavy atom. The number of halogens is 2. The number of benzene rings is 1. The van der Waals surface area contributed by atoms with E-state index in [9.17, 15) is 0 Å². The summed E-state index contributed by atoms with van der Waals surface area (Å²) in [6.07, 6.45) is 3.95. The van der Waals surface area contributed by atoms with Crippen molar-refractivity contribution in [1.82, 2.24) is 0 Å². The van der Waals surface area contributed by atoms with Gasteiger partial charge in [-0.05, 0) is 62.9 Å². The van der Waals surface area contributed by atoms with Crippen LogP contribution in [0.25, 0.3) is 0 Å². The van der Waals surface area contributed by atoms with Gasteiger partial charge in [-0.3, -0.25) is 0 Å². The molecule has 0 unspecified atom stereocenters. The van der Waals surface area contributed by atoms with Crippen LogP contribution < -0.4 is 4.74 Å². The molecule has 1 rings (SSSR count). The third-order valence-electron chi connectivity index (χ3n) is 2.05. The van der Waals surface area contributed by atoms with Crippen LogP contribution in [0, 0.1) is 0 Å². The van der Waals surface area contributed by atoms with Crippen LogP contribution in [0.3, 0.4) is 0 Å². The highest BCUT2D eigenvalue weighted by molar-refractivity contribution is 9.28. The van der Waals surface area contributed by atoms with Gasteiger partial charge < -0.3 is 9.47 Å². The lowest BCUT2D eigenvalue weighted by molar-refractivity contribution is 0.152. The van der Waals surface area contributed by atoms with Crippen molar-refractivity contribution in [3.05, 3.63) is 39.8 Å². The quantitative estimate of drug-likeness (QED) is 0.633. The van der Waals surface area contributed by atoms with Crippen LogP contribution in [-0.4, -0.2) is 19.8 Å². The molecule has 2 nitrogen and oxygen atoms in total. The van der Waals surface area contributed by atoms with E-state index < -0.39 is 0 Å². The van der Waals surface area contributed by atoms with E-state index in [1.54, 1.807) is 0 Å². The van der Waals surface area contributed by atoms with Crippen LogP contribution in [0.5, 0.6) is 5.75 Å². The van der Waals surface area contributed by atoms with Gasteiger partial charge in [0.25, 0.3) is 0 Å². The van der Waals surface area contributed by atoms with Gasteiger partial charge in [0.05, 0.1) is 16.6 Å². The molecule has 1 aromatic carbocycles. The number of ether oxygens (including phenoxy) is 2. The second-order valence-corrected chi connectivity index (χ2v) is 6.21. The van der Waals surface area contributed by atoms with Gasteiger partial charge >= 0.3 is 0 Å². The molecule has 0 aliphatic carbocycles. The summed E-state index contributed by atoms with van der Waals surface area (Å²) in [6.45, 7) is 2.14. The Labute approximate surface area is 119 Å². The average molecular weight is 364 g/mol. The van der Waals surface area contributed by atoms with Crippen LogP contribution >= 0.6 is 31.9 Å². The Morgan fingerprint density at radius 2 is 1.76 bits per heavy atom. The van der Waals surface area contributed by atoms with Gasteiger partial charge in [0.2, 0.25) is 0 Å². The highest BCUT2D eigenvalue weighted by Gasteiger charge is 1.92. The van der Waals surface area contributed by atoms with Gasteiger partial charge in [-0.2, -0.15) is 0 Å². The van der Waals surface area contributed by atoms with Crippen molar-refractivity contribution in [2.45, 2.75) is 12.8 Å². The van der Waals surface area contributed by atoms with Gasteiger partial charge in [0, 0.05) is 6.61 Å². The lowest BCUT2D eigenvalue weighted by atomic mass is 10.3. The van der Waals surface area contributed by atoms with E-state index in [1.807, 2.05) is 36.4 Å². The molecule has 0 bridgehead atoms. The Balaban J connectivity index is 1.93. The Kier molecular flexibility index (Phi) is 8.40. The first kappa shape index (κ1) is 14.7. The molecule has 0 saturated heterocycles. The number of unbranched alkanes of at least 4 members (excludes halogenated alkanes) is 1. The fourth-order valence-corrected chi connectivity index (χ4v) is 1.48. The maximum absolute atomic E-state index is 5.57. The summed E-state index contributed by atoms with van der Waals surface area (Å²) in [5, 5.41) is 0. The van der Waals surface area contributed by atoms with E-state index in [0.717, 1.165) is 35.2 Å². The molecule has 0 amide bonds. The largest absolute Gasteiger partial charge is 0.494 e. The summed E-state index contributed by atoms with van der Waals surface area (Å²) < 4.78 is 11.9. The molecule has 1 aromatic rings. The summed E-state index contributed by atoms with van der Waals surface area (Å²) >= 11 is 6.54. The first-order valence-electron chi connectivity index (χ1n) is 5.56. The molecule has 4 heteroatoms. The van der Waals surface area contributed by atoms with Crippen LogP contribution in [0.4, 0.5) is 0 Å². The second kappa shape index (κ2) is 9.68. The predicted octanol–water partition coefficient (Wildman–Crippen LogP) is 4.49. The van der Waals surface area contributed by atoms with Crippen molar-refractivity contribution in [2.24, 2.45) is 0 Å². The third kappa shape index (κ3) is 8.41. The summed E-state index contributed by atoms with van der Waals surface area (Å²) in [6, 6.07) is 9.87. The van der Waals surface area contributed by atoms with Crippen LogP contribution in [0.1, 0.15) is 12.8 Å². The van der Waals surface area contributed by atoms with Gasteiger partial charge in [-0.1, -0.05) is 18.2 Å². The summed E-state index contributed by atoms with van der Waals surface area (Å²) in [5.41, 5.74) is 0. The molecule has 0 aromatic heterocycles. The second-order valence-electron chi connectivity index (χ2n) is 3.44. The molecule has 0 aliphatic heterocycles. The normalized spacial score (nSPS) is 10.0. The van der Waals surface area contributed by atoms with Crippen molar-refractivity contribution >= 4 is 31.9 Å². The summed E-state index contributed by atoms with van der Waals surface area (Å²) in [5.74, 6) is 0.930. The molecule has 0 fully saturated rings. The zero-order valence-electron chi connectivity index (χ0n) is 9.57. The van der Waals surface area contributed by atoms with E-state index in [2.05, 4.69) is 31.9 Å². The first-order valence-corrected chi connectivity index (χ1v) is 7.14. The van der Waals surface area contributed by atoms with Crippen LogP contribution in [0.15, 0.2) is 39.8 Å². The van der Waals surface area contributed by atoms with Crippen molar-refractivity contribution in [1.29, 1.82) is 0 Å². The molecule has 0 radical (unpaired) electrons. The molecule has 17 heavy (non-hydrogen) atoms. The fourth-order valence-electron chi connectivity index (χ4n) is 1.22. The minimum absolute atomic E-state index is 0.630. The minimum atomic E-state index is 0.630. The Hall–Kier alpha value is -0.320. The van der Waals surface area contributed by atoms with Crippen molar-refractivity contribution in [3.63, 3.8) is 0 Å². The van der Waals surface area contributed by atoms with Gasteiger partial charge in [-0.15, -0.1) is 0 Å².